The molecule has 9 aromatic carbocycles. The van der Waals surface area contributed by atoms with E-state index in [4.69, 9.17) is 0 Å². The Morgan fingerprint density at radius 1 is 0.295 bits per heavy atom. The maximum absolute atomic E-state index is 2.52. The van der Waals surface area contributed by atoms with E-state index in [2.05, 4.69) is 245 Å². The van der Waals surface area contributed by atoms with Gasteiger partial charge in [-0.3, -0.25) is 0 Å². The fourth-order valence-electron chi connectivity index (χ4n) is 10.6. The lowest BCUT2D eigenvalue weighted by molar-refractivity contribution is 0.660. The summed E-state index contributed by atoms with van der Waals surface area (Å²) in [6, 6.07) is 78.6. The lowest BCUT2D eigenvalue weighted by Crippen LogP contribution is -2.17. The van der Waals surface area contributed by atoms with Crippen LogP contribution in [0.5, 0.6) is 0 Å². The molecule has 9 aromatic rings. The molecule has 0 fully saturated rings. The molecule has 292 valence electrons. The molecule has 0 aliphatic heterocycles. The van der Waals surface area contributed by atoms with E-state index in [1.165, 1.54) is 89.0 Å². The van der Waals surface area contributed by atoms with Gasteiger partial charge >= 0.3 is 0 Å². The first-order valence-corrected chi connectivity index (χ1v) is 21.5. The number of anilines is 3. The van der Waals surface area contributed by atoms with Gasteiger partial charge in [0.15, 0.2) is 0 Å². The van der Waals surface area contributed by atoms with Gasteiger partial charge in [-0.25, -0.2) is 0 Å². The van der Waals surface area contributed by atoms with Crippen LogP contribution in [0.1, 0.15) is 49.9 Å². The second-order valence-electron chi connectivity index (χ2n) is 17.7. The third-order valence-corrected chi connectivity index (χ3v) is 13.5. The van der Waals surface area contributed by atoms with Crippen molar-refractivity contribution in [3.63, 3.8) is 0 Å². The molecule has 0 unspecified atom stereocenters. The van der Waals surface area contributed by atoms with Crippen molar-refractivity contribution in [1.82, 2.24) is 0 Å². The summed E-state index contributed by atoms with van der Waals surface area (Å²) in [6.07, 6.45) is 0. The van der Waals surface area contributed by atoms with Crippen molar-refractivity contribution in [2.45, 2.75) is 38.5 Å². The Kier molecular flexibility index (Phi) is 8.58. The van der Waals surface area contributed by atoms with Crippen LogP contribution in [0.2, 0.25) is 0 Å². The highest BCUT2D eigenvalue weighted by atomic mass is 15.1. The Balaban J connectivity index is 1.19. The lowest BCUT2D eigenvalue weighted by Gasteiger charge is -2.32. The average molecular weight is 782 g/mol. The van der Waals surface area contributed by atoms with Crippen LogP contribution in [0.15, 0.2) is 212 Å². The summed E-state index contributed by atoms with van der Waals surface area (Å²) in [5.74, 6) is 0. The minimum atomic E-state index is -0.157. The smallest absolute Gasteiger partial charge is 0.0546 e. The zero-order valence-corrected chi connectivity index (χ0v) is 35.2. The van der Waals surface area contributed by atoms with Crippen LogP contribution in [0, 0.1) is 0 Å². The summed E-state index contributed by atoms with van der Waals surface area (Å²) in [4.78, 5) is 2.52. The second-order valence-corrected chi connectivity index (χ2v) is 17.7. The van der Waals surface area contributed by atoms with Gasteiger partial charge in [0.1, 0.15) is 0 Å². The highest BCUT2D eigenvalue weighted by Gasteiger charge is 2.38. The van der Waals surface area contributed by atoms with Gasteiger partial charge < -0.3 is 4.90 Å². The molecule has 1 heteroatoms. The summed E-state index contributed by atoms with van der Waals surface area (Å²) in [7, 11) is 0. The van der Waals surface area contributed by atoms with Crippen molar-refractivity contribution in [2.24, 2.45) is 0 Å². The molecule has 1 nitrogen and oxygen atoms in total. The van der Waals surface area contributed by atoms with Gasteiger partial charge in [0, 0.05) is 27.8 Å². The molecule has 0 spiro atoms. The molecule has 2 aliphatic carbocycles. The fourth-order valence-corrected chi connectivity index (χ4v) is 10.6. The monoisotopic (exact) mass is 781 g/mol. The van der Waals surface area contributed by atoms with Crippen molar-refractivity contribution in [3.05, 3.63) is 235 Å². The molecule has 0 amide bonds. The molecule has 2 aliphatic rings. The SMILES string of the molecule is CC1(C)c2ccccc2-c2ccc(N(c3cccc(-c4cccc5c4C(C)(C)c4ccccc4-5)c3)c3cccc(-c4ccccc4)c3-c3ccccc3-c3ccccc3)cc21. The molecular formula is C60H47N. The van der Waals surface area contributed by atoms with Crippen molar-refractivity contribution in [2.75, 3.05) is 4.90 Å². The molecular weight excluding hydrogens is 735 g/mol. The Bertz CT molecular complexity index is 3130. The topological polar surface area (TPSA) is 3.24 Å². The van der Waals surface area contributed by atoms with Crippen molar-refractivity contribution < 1.29 is 0 Å². The molecule has 0 saturated heterocycles. The van der Waals surface area contributed by atoms with E-state index in [0.29, 0.717) is 0 Å². The second kappa shape index (κ2) is 14.2. The standard InChI is InChI=1S/C60H47N/c1-59(2)53-33-15-13-27-48(53)50-37-36-44(39-55(50)59)61(43-25-17-24-42(38-43)47-31-18-32-52-49-28-14-16-34-54(49)60(3,4)58(47)52)56-35-19-30-46(41-22-9-6-10-23-41)57(56)51-29-12-11-26-45(51)40-20-7-5-8-21-40/h5-39H,1-4H3. The zero-order valence-electron chi connectivity index (χ0n) is 35.2. The zero-order chi connectivity index (χ0) is 41.3. The Morgan fingerprint density at radius 3 is 1.49 bits per heavy atom. The van der Waals surface area contributed by atoms with E-state index in [0.717, 1.165) is 17.1 Å². The normalized spacial score (nSPS) is 13.8. The molecule has 0 aromatic heterocycles. The number of hydrogen-bond donors (Lipinski definition) is 0. The van der Waals surface area contributed by atoms with Crippen LogP contribution in [0.4, 0.5) is 17.1 Å². The van der Waals surface area contributed by atoms with Gasteiger partial charge in [-0.2, -0.15) is 0 Å². The first kappa shape index (κ1) is 36.8. The van der Waals surface area contributed by atoms with Crippen LogP contribution in [-0.2, 0) is 10.8 Å². The maximum Gasteiger partial charge on any atom is 0.0546 e. The molecule has 0 radical (unpaired) electrons. The van der Waals surface area contributed by atoms with Crippen LogP contribution in [0.25, 0.3) is 66.8 Å². The number of benzene rings is 9. The van der Waals surface area contributed by atoms with E-state index in [1.54, 1.807) is 0 Å². The molecule has 0 atom stereocenters. The Labute approximate surface area is 360 Å². The lowest BCUT2D eigenvalue weighted by atomic mass is 9.79. The van der Waals surface area contributed by atoms with Crippen LogP contribution < -0.4 is 4.90 Å². The van der Waals surface area contributed by atoms with E-state index >= 15 is 0 Å². The quantitative estimate of drug-likeness (QED) is 0.156. The van der Waals surface area contributed by atoms with Gasteiger partial charge in [-0.05, 0) is 114 Å². The summed E-state index contributed by atoms with van der Waals surface area (Å²) >= 11 is 0. The molecule has 11 rings (SSSR count). The average Bonchev–Trinajstić information content (AvgIpc) is 3.69. The third-order valence-electron chi connectivity index (χ3n) is 13.5. The Hall–Kier alpha value is -7.22. The van der Waals surface area contributed by atoms with E-state index < -0.39 is 0 Å². The highest BCUT2D eigenvalue weighted by molar-refractivity contribution is 6.02. The summed E-state index contributed by atoms with van der Waals surface area (Å²) < 4.78 is 0. The largest absolute Gasteiger partial charge is 0.310 e. The third kappa shape index (κ3) is 5.83. The summed E-state index contributed by atoms with van der Waals surface area (Å²) in [5, 5.41) is 0. The van der Waals surface area contributed by atoms with Gasteiger partial charge in [-0.1, -0.05) is 210 Å². The fraction of sp³-hybridized carbons (Fsp3) is 0.100. The van der Waals surface area contributed by atoms with E-state index in [-0.39, 0.29) is 10.8 Å². The minimum absolute atomic E-state index is 0.142. The van der Waals surface area contributed by atoms with Gasteiger partial charge in [0.2, 0.25) is 0 Å². The van der Waals surface area contributed by atoms with Crippen molar-refractivity contribution >= 4 is 17.1 Å². The highest BCUT2D eigenvalue weighted by Crippen LogP contribution is 2.55. The van der Waals surface area contributed by atoms with Crippen molar-refractivity contribution in [1.29, 1.82) is 0 Å². The Morgan fingerprint density at radius 2 is 0.770 bits per heavy atom. The molecule has 0 N–H and O–H groups in total. The van der Waals surface area contributed by atoms with Crippen LogP contribution in [0.3, 0.4) is 0 Å². The predicted molar refractivity (Wildman–Crippen MR) is 258 cm³/mol. The predicted octanol–water partition coefficient (Wildman–Crippen LogP) is 16.4. The van der Waals surface area contributed by atoms with Gasteiger partial charge in [0.25, 0.3) is 0 Å². The summed E-state index contributed by atoms with van der Waals surface area (Å²) in [5.41, 5.74) is 23.5. The molecule has 0 heterocycles. The van der Waals surface area contributed by atoms with Gasteiger partial charge in [-0.15, -0.1) is 0 Å². The molecule has 0 bridgehead atoms. The first-order valence-electron chi connectivity index (χ1n) is 21.5. The molecule has 0 saturated carbocycles. The van der Waals surface area contributed by atoms with E-state index in [9.17, 15) is 0 Å². The number of nitrogens with zero attached hydrogens (tertiary/aromatic N) is 1. The number of rotatable bonds is 7. The minimum Gasteiger partial charge on any atom is -0.310 e. The molecule has 61 heavy (non-hydrogen) atoms. The number of hydrogen-bond acceptors (Lipinski definition) is 1. The van der Waals surface area contributed by atoms with Crippen molar-refractivity contribution in [3.8, 4) is 66.8 Å². The van der Waals surface area contributed by atoms with Crippen LogP contribution >= 0.6 is 0 Å². The first-order chi connectivity index (χ1) is 29.8. The van der Waals surface area contributed by atoms with Crippen LogP contribution in [-0.4, -0.2) is 0 Å². The van der Waals surface area contributed by atoms with Gasteiger partial charge in [0.05, 0.1) is 5.69 Å². The number of fused-ring (bicyclic) bond motifs is 6. The summed E-state index contributed by atoms with van der Waals surface area (Å²) in [6.45, 7) is 9.51. The van der Waals surface area contributed by atoms with E-state index in [1.807, 2.05) is 0 Å². The maximum atomic E-state index is 2.52.